The highest BCUT2D eigenvalue weighted by Gasteiger charge is 2.26. The van der Waals surface area contributed by atoms with Gasteiger partial charge in [-0.2, -0.15) is 0 Å². The molecule has 0 aromatic rings. The quantitative estimate of drug-likeness (QED) is 0.590. The molecule has 1 rings (SSSR count). The highest BCUT2D eigenvalue weighted by molar-refractivity contribution is 5.85. The van der Waals surface area contributed by atoms with E-state index in [9.17, 15) is 5.11 Å². The summed E-state index contributed by atoms with van der Waals surface area (Å²) < 4.78 is 0. The largest absolute Gasteiger partial charge is 0.376 e. The first-order valence-electron chi connectivity index (χ1n) is 3.95. The second kappa shape index (κ2) is 6.92. The molecule has 5 heteroatoms. The molecule has 0 aromatic carbocycles. The van der Waals surface area contributed by atoms with Crippen LogP contribution in [0.1, 0.15) is 19.8 Å². The third-order valence-electron chi connectivity index (χ3n) is 1.94. The minimum atomic E-state index is -0.583. The first kappa shape index (κ1) is 15.0. The van der Waals surface area contributed by atoms with Crippen LogP contribution in [0.3, 0.4) is 0 Å². The van der Waals surface area contributed by atoms with E-state index in [-0.39, 0.29) is 24.8 Å². The lowest BCUT2D eigenvalue weighted by Gasteiger charge is -2.33. The lowest BCUT2D eigenvalue weighted by Crippen LogP contribution is -2.52. The molecule has 0 amide bonds. The first-order chi connectivity index (χ1) is 4.77. The average molecular weight is 217 g/mol. The Morgan fingerprint density at radius 2 is 1.83 bits per heavy atom. The van der Waals surface area contributed by atoms with Gasteiger partial charge in [0.15, 0.2) is 0 Å². The third-order valence-corrected chi connectivity index (χ3v) is 1.94. The van der Waals surface area contributed by atoms with Crippen molar-refractivity contribution in [3.05, 3.63) is 0 Å². The molecule has 0 aliphatic carbocycles. The minimum absolute atomic E-state index is 0. The lowest BCUT2D eigenvalue weighted by molar-refractivity contribution is -0.0202. The van der Waals surface area contributed by atoms with Crippen LogP contribution < -0.4 is 10.6 Å². The first-order valence-corrected chi connectivity index (χ1v) is 3.95. The summed E-state index contributed by atoms with van der Waals surface area (Å²) in [6.45, 7) is 4.70. The summed E-state index contributed by atoms with van der Waals surface area (Å²) in [4.78, 5) is 0. The standard InChI is InChI=1S/C7H16N2O.2ClH/c1-2-9-7(10)3-5-8-6-4-7;;/h8-10H,2-6H2,1H3;2*1H. The summed E-state index contributed by atoms with van der Waals surface area (Å²) >= 11 is 0. The van der Waals surface area contributed by atoms with Crippen molar-refractivity contribution in [1.29, 1.82) is 0 Å². The van der Waals surface area contributed by atoms with Crippen molar-refractivity contribution in [3.63, 3.8) is 0 Å². The summed E-state index contributed by atoms with van der Waals surface area (Å²) in [5, 5.41) is 16.0. The molecule has 0 aromatic heterocycles. The van der Waals surface area contributed by atoms with Crippen LogP contribution in [0, 0.1) is 0 Å². The van der Waals surface area contributed by atoms with Gasteiger partial charge in [0.25, 0.3) is 0 Å². The van der Waals surface area contributed by atoms with Crippen LogP contribution in [0.4, 0.5) is 0 Å². The van der Waals surface area contributed by atoms with Crippen molar-refractivity contribution < 1.29 is 5.11 Å². The molecule has 12 heavy (non-hydrogen) atoms. The number of hydrogen-bond acceptors (Lipinski definition) is 3. The number of nitrogens with one attached hydrogen (secondary N) is 2. The smallest absolute Gasteiger partial charge is 0.118 e. The van der Waals surface area contributed by atoms with Gasteiger partial charge in [0.05, 0.1) is 0 Å². The van der Waals surface area contributed by atoms with Crippen LogP contribution in [0.2, 0.25) is 0 Å². The maximum atomic E-state index is 9.72. The molecule has 1 saturated heterocycles. The number of hydrogen-bond donors (Lipinski definition) is 3. The van der Waals surface area contributed by atoms with Crippen LogP contribution in [0.5, 0.6) is 0 Å². The van der Waals surface area contributed by atoms with Gasteiger partial charge in [0, 0.05) is 12.8 Å². The highest BCUT2D eigenvalue weighted by Crippen LogP contribution is 2.13. The summed E-state index contributed by atoms with van der Waals surface area (Å²) in [7, 11) is 0. The molecular weight excluding hydrogens is 199 g/mol. The van der Waals surface area contributed by atoms with Gasteiger partial charge in [-0.3, -0.25) is 5.32 Å². The van der Waals surface area contributed by atoms with Crippen molar-refractivity contribution in [1.82, 2.24) is 10.6 Å². The zero-order valence-electron chi connectivity index (χ0n) is 7.30. The van der Waals surface area contributed by atoms with Gasteiger partial charge >= 0.3 is 0 Å². The molecule has 0 radical (unpaired) electrons. The van der Waals surface area contributed by atoms with Gasteiger partial charge in [0.1, 0.15) is 5.72 Å². The van der Waals surface area contributed by atoms with E-state index in [0.29, 0.717) is 0 Å². The molecule has 0 bridgehead atoms. The molecule has 0 spiro atoms. The van der Waals surface area contributed by atoms with Gasteiger partial charge in [0.2, 0.25) is 0 Å². The second-order valence-electron chi connectivity index (χ2n) is 2.81. The maximum Gasteiger partial charge on any atom is 0.118 e. The Morgan fingerprint density at radius 1 is 1.33 bits per heavy atom. The Bertz CT molecular complexity index is 102. The fourth-order valence-electron chi connectivity index (χ4n) is 1.35. The van der Waals surface area contributed by atoms with Crippen molar-refractivity contribution >= 4 is 24.8 Å². The van der Waals surface area contributed by atoms with Crippen molar-refractivity contribution in [2.45, 2.75) is 25.5 Å². The maximum absolute atomic E-state index is 9.72. The van der Waals surface area contributed by atoms with E-state index in [4.69, 9.17) is 0 Å². The van der Waals surface area contributed by atoms with E-state index in [0.717, 1.165) is 32.5 Å². The van der Waals surface area contributed by atoms with Crippen LogP contribution >= 0.6 is 24.8 Å². The Labute approximate surface area is 86.1 Å². The van der Waals surface area contributed by atoms with Gasteiger partial charge in [-0.15, -0.1) is 24.8 Å². The average Bonchev–Trinajstić information content (AvgIpc) is 1.89. The Morgan fingerprint density at radius 3 is 2.25 bits per heavy atom. The highest BCUT2D eigenvalue weighted by atomic mass is 35.5. The molecule has 1 aliphatic rings. The van der Waals surface area contributed by atoms with Gasteiger partial charge in [-0.05, 0) is 19.6 Å². The van der Waals surface area contributed by atoms with Crippen LogP contribution in [-0.2, 0) is 0 Å². The normalized spacial score (nSPS) is 20.5. The molecule has 1 aliphatic heterocycles. The fourth-order valence-corrected chi connectivity index (χ4v) is 1.35. The SMILES string of the molecule is CCNC1(O)CCNCC1.Cl.Cl. The lowest BCUT2D eigenvalue weighted by atomic mass is 10.0. The topological polar surface area (TPSA) is 44.3 Å². The van der Waals surface area contributed by atoms with E-state index in [1.54, 1.807) is 0 Å². The van der Waals surface area contributed by atoms with E-state index >= 15 is 0 Å². The molecular formula is C7H18Cl2N2O. The van der Waals surface area contributed by atoms with E-state index in [2.05, 4.69) is 10.6 Å². The number of rotatable bonds is 2. The molecule has 3 nitrogen and oxygen atoms in total. The van der Waals surface area contributed by atoms with E-state index in [1.807, 2.05) is 6.92 Å². The van der Waals surface area contributed by atoms with Crippen molar-refractivity contribution in [2.24, 2.45) is 0 Å². The van der Waals surface area contributed by atoms with Crippen LogP contribution in [0.15, 0.2) is 0 Å². The van der Waals surface area contributed by atoms with Crippen LogP contribution in [-0.4, -0.2) is 30.5 Å². The minimum Gasteiger partial charge on any atom is -0.376 e. The Balaban J connectivity index is 0. The molecule has 0 unspecified atom stereocenters. The monoisotopic (exact) mass is 216 g/mol. The molecule has 1 heterocycles. The predicted molar refractivity (Wildman–Crippen MR) is 55.2 cm³/mol. The van der Waals surface area contributed by atoms with Crippen LogP contribution in [0.25, 0.3) is 0 Å². The molecule has 3 N–H and O–H groups in total. The predicted octanol–water partition coefficient (Wildman–Crippen LogP) is 0.511. The van der Waals surface area contributed by atoms with Crippen molar-refractivity contribution in [3.8, 4) is 0 Å². The van der Waals surface area contributed by atoms with E-state index in [1.165, 1.54) is 0 Å². The van der Waals surface area contributed by atoms with Gasteiger partial charge < -0.3 is 10.4 Å². The molecule has 0 atom stereocenters. The van der Waals surface area contributed by atoms with E-state index < -0.39 is 5.72 Å². The molecule has 76 valence electrons. The summed E-state index contributed by atoms with van der Waals surface area (Å²) in [5.74, 6) is 0. The molecule has 1 fully saturated rings. The van der Waals surface area contributed by atoms with Gasteiger partial charge in [-0.25, -0.2) is 0 Å². The summed E-state index contributed by atoms with van der Waals surface area (Å²) in [5.41, 5.74) is -0.583. The molecule has 0 saturated carbocycles. The second-order valence-corrected chi connectivity index (χ2v) is 2.81. The fraction of sp³-hybridized carbons (Fsp3) is 1.00. The number of piperidine rings is 1. The number of halogens is 2. The summed E-state index contributed by atoms with van der Waals surface area (Å²) in [6, 6.07) is 0. The zero-order valence-corrected chi connectivity index (χ0v) is 8.93. The zero-order chi connectivity index (χ0) is 7.45. The number of aliphatic hydroxyl groups is 1. The summed E-state index contributed by atoms with van der Waals surface area (Å²) in [6.07, 6.45) is 1.64. The Hall–Kier alpha value is 0.460. The van der Waals surface area contributed by atoms with Crippen molar-refractivity contribution in [2.75, 3.05) is 19.6 Å². The third kappa shape index (κ3) is 4.48. The Kier molecular flexibility index (Phi) is 8.63. The van der Waals surface area contributed by atoms with Gasteiger partial charge in [-0.1, -0.05) is 6.92 Å².